The zero-order valence-corrected chi connectivity index (χ0v) is 15.7. The minimum atomic E-state index is -1.08. The normalized spacial score (nSPS) is 15.1. The number of hydrogen-bond acceptors (Lipinski definition) is 5. The number of nitrogens with zero attached hydrogens (tertiary/aromatic N) is 1. The van der Waals surface area contributed by atoms with Crippen LogP contribution in [0.4, 0.5) is 0 Å². The van der Waals surface area contributed by atoms with Gasteiger partial charge in [-0.3, -0.25) is 4.79 Å². The van der Waals surface area contributed by atoms with E-state index in [0.717, 1.165) is 5.01 Å². The molecule has 1 aliphatic rings. The Hall–Kier alpha value is -2.15. The van der Waals surface area contributed by atoms with E-state index in [-0.39, 0.29) is 11.3 Å². The van der Waals surface area contributed by atoms with Crippen LogP contribution in [0.25, 0.3) is 0 Å². The van der Waals surface area contributed by atoms with Crippen LogP contribution in [-0.4, -0.2) is 28.5 Å². The number of carboxylic acid groups (broad SMARTS) is 1. The summed E-state index contributed by atoms with van der Waals surface area (Å²) in [6.07, 6.45) is 7.45. The summed E-state index contributed by atoms with van der Waals surface area (Å²) in [6, 6.07) is 1.29. The van der Waals surface area contributed by atoms with Crippen LogP contribution in [0.5, 0.6) is 0 Å². The van der Waals surface area contributed by atoms with E-state index in [1.54, 1.807) is 18.3 Å². The number of aromatic nitrogens is 1. The van der Waals surface area contributed by atoms with Crippen LogP contribution in [0.2, 0.25) is 0 Å². The number of aryl methyl sites for hydroxylation is 1. The van der Waals surface area contributed by atoms with Gasteiger partial charge in [0.15, 0.2) is 5.76 Å². The van der Waals surface area contributed by atoms with Gasteiger partial charge in [0.25, 0.3) is 5.91 Å². The maximum atomic E-state index is 12.2. The van der Waals surface area contributed by atoms with Gasteiger partial charge in [-0.1, -0.05) is 26.2 Å². The third kappa shape index (κ3) is 4.33. The van der Waals surface area contributed by atoms with Crippen molar-refractivity contribution in [1.29, 1.82) is 0 Å². The summed E-state index contributed by atoms with van der Waals surface area (Å²) < 4.78 is 5.37. The van der Waals surface area contributed by atoms with Crippen LogP contribution in [0.1, 0.15) is 82.3 Å². The molecule has 2 aromatic rings. The van der Waals surface area contributed by atoms with Crippen molar-refractivity contribution < 1.29 is 19.1 Å². The van der Waals surface area contributed by atoms with Crippen LogP contribution >= 0.6 is 11.3 Å². The number of aromatic carboxylic acids is 1. The number of furan rings is 1. The predicted molar refractivity (Wildman–Crippen MR) is 99.0 cm³/mol. The van der Waals surface area contributed by atoms with E-state index in [9.17, 15) is 9.59 Å². The van der Waals surface area contributed by atoms with Crippen LogP contribution in [0, 0.1) is 0 Å². The first-order valence-electron chi connectivity index (χ1n) is 9.17. The summed E-state index contributed by atoms with van der Waals surface area (Å²) in [5, 5.41) is 15.1. The highest BCUT2D eigenvalue weighted by atomic mass is 32.1. The summed E-state index contributed by atoms with van der Waals surface area (Å²) >= 11 is 1.64. The highest BCUT2D eigenvalue weighted by molar-refractivity contribution is 7.09. The lowest BCUT2D eigenvalue weighted by Crippen LogP contribution is -2.25. The zero-order chi connectivity index (χ0) is 18.5. The second-order valence-electron chi connectivity index (χ2n) is 6.61. The van der Waals surface area contributed by atoms with Gasteiger partial charge in [0.05, 0.1) is 10.7 Å². The smallest absolute Gasteiger partial charge is 0.339 e. The Morgan fingerprint density at radius 3 is 2.77 bits per heavy atom. The van der Waals surface area contributed by atoms with Crippen molar-refractivity contribution in [1.82, 2.24) is 10.3 Å². The topological polar surface area (TPSA) is 92.4 Å². The Balaban J connectivity index is 1.52. The average molecular weight is 376 g/mol. The molecule has 0 unspecified atom stereocenters. The quantitative estimate of drug-likeness (QED) is 0.761. The molecule has 3 rings (SSSR count). The molecule has 7 heteroatoms. The van der Waals surface area contributed by atoms with E-state index >= 15 is 0 Å². The summed E-state index contributed by atoms with van der Waals surface area (Å²) in [5.74, 6) is -0.520. The van der Waals surface area contributed by atoms with E-state index < -0.39 is 11.9 Å². The summed E-state index contributed by atoms with van der Waals surface area (Å²) in [4.78, 5) is 28.1. The zero-order valence-electron chi connectivity index (χ0n) is 14.9. The predicted octanol–water partition coefficient (Wildman–Crippen LogP) is 4.02. The number of amides is 1. The van der Waals surface area contributed by atoms with Gasteiger partial charge in [0.1, 0.15) is 11.3 Å². The third-order valence-corrected chi connectivity index (χ3v) is 5.73. The Bertz CT molecular complexity index is 774. The summed E-state index contributed by atoms with van der Waals surface area (Å²) in [6.45, 7) is 2.24. The number of hydrogen-bond donors (Lipinski definition) is 2. The summed E-state index contributed by atoms with van der Waals surface area (Å²) in [5.41, 5.74) is 1.25. The molecule has 1 saturated carbocycles. The van der Waals surface area contributed by atoms with Gasteiger partial charge in [0, 0.05) is 36.8 Å². The lowest BCUT2D eigenvalue weighted by molar-refractivity contribution is 0.0694. The van der Waals surface area contributed by atoms with Crippen molar-refractivity contribution in [2.45, 2.75) is 57.8 Å². The number of thiazole rings is 1. The van der Waals surface area contributed by atoms with Crippen molar-refractivity contribution >= 4 is 23.2 Å². The van der Waals surface area contributed by atoms with Gasteiger partial charge in [-0.2, -0.15) is 0 Å². The van der Waals surface area contributed by atoms with E-state index in [2.05, 4.69) is 10.7 Å². The Labute approximate surface area is 156 Å². The Kier molecular flexibility index (Phi) is 6.08. The van der Waals surface area contributed by atoms with Crippen LogP contribution in [0.3, 0.4) is 0 Å². The molecule has 0 radical (unpaired) electrons. The first kappa shape index (κ1) is 18.6. The van der Waals surface area contributed by atoms with Gasteiger partial charge >= 0.3 is 5.97 Å². The van der Waals surface area contributed by atoms with E-state index in [1.807, 2.05) is 0 Å². The molecular formula is C19H24N2O4S. The molecule has 26 heavy (non-hydrogen) atoms. The third-order valence-electron chi connectivity index (χ3n) is 4.80. The number of rotatable bonds is 7. The van der Waals surface area contributed by atoms with Gasteiger partial charge in [0.2, 0.25) is 0 Å². The first-order chi connectivity index (χ1) is 12.6. The Morgan fingerprint density at radius 2 is 2.12 bits per heavy atom. The second kappa shape index (κ2) is 8.49. The van der Waals surface area contributed by atoms with Gasteiger partial charge < -0.3 is 14.8 Å². The van der Waals surface area contributed by atoms with Crippen LogP contribution in [-0.2, 0) is 12.8 Å². The largest absolute Gasteiger partial charge is 0.478 e. The van der Waals surface area contributed by atoms with Gasteiger partial charge in [-0.05, 0) is 12.8 Å². The number of carbonyl (C=O) groups is 2. The van der Waals surface area contributed by atoms with Crippen molar-refractivity contribution in [2.75, 3.05) is 6.54 Å². The summed E-state index contributed by atoms with van der Waals surface area (Å²) in [7, 11) is 0. The fourth-order valence-electron chi connectivity index (χ4n) is 3.38. The number of nitrogens with one attached hydrogen (secondary N) is 1. The lowest BCUT2D eigenvalue weighted by atomic mass is 9.87. The number of carbonyl (C=O) groups excluding carboxylic acids is 1. The molecule has 0 saturated heterocycles. The highest BCUT2D eigenvalue weighted by Crippen LogP contribution is 2.33. The maximum absolute atomic E-state index is 12.2. The molecule has 2 heterocycles. The standard InChI is InChI=1S/C19H24N2O4S/c1-2-15-13(19(23)24)10-16(25-15)18(22)20-9-8-17-21-14(11-26-17)12-6-4-3-5-7-12/h10-12H,2-9H2,1H3,(H,20,22)(H,23,24). The second-order valence-corrected chi connectivity index (χ2v) is 7.56. The SMILES string of the molecule is CCc1oc(C(=O)NCCc2nc(C3CCCCC3)cs2)cc1C(=O)O. The van der Waals surface area contributed by atoms with Crippen molar-refractivity contribution in [3.8, 4) is 0 Å². The molecule has 2 aromatic heterocycles. The van der Waals surface area contributed by atoms with E-state index in [1.165, 1.54) is 43.9 Å². The molecule has 0 spiro atoms. The molecule has 0 aliphatic heterocycles. The molecule has 140 valence electrons. The van der Waals surface area contributed by atoms with E-state index in [4.69, 9.17) is 14.5 Å². The molecule has 2 N–H and O–H groups in total. The molecule has 1 amide bonds. The molecular weight excluding hydrogens is 352 g/mol. The lowest BCUT2D eigenvalue weighted by Gasteiger charge is -2.19. The van der Waals surface area contributed by atoms with Crippen molar-refractivity contribution in [2.24, 2.45) is 0 Å². The molecule has 0 bridgehead atoms. The Morgan fingerprint density at radius 1 is 1.35 bits per heavy atom. The number of carboxylic acids is 1. The minimum Gasteiger partial charge on any atom is -0.478 e. The fraction of sp³-hybridized carbons (Fsp3) is 0.526. The van der Waals surface area contributed by atoms with Gasteiger partial charge in [-0.15, -0.1) is 11.3 Å². The van der Waals surface area contributed by atoms with Crippen molar-refractivity contribution in [3.63, 3.8) is 0 Å². The minimum absolute atomic E-state index is 0.0429. The maximum Gasteiger partial charge on any atom is 0.339 e. The molecule has 6 nitrogen and oxygen atoms in total. The molecule has 1 fully saturated rings. The van der Waals surface area contributed by atoms with E-state index in [0.29, 0.717) is 31.1 Å². The van der Waals surface area contributed by atoms with Crippen molar-refractivity contribution in [3.05, 3.63) is 39.2 Å². The molecule has 0 aromatic carbocycles. The van der Waals surface area contributed by atoms with Crippen LogP contribution in [0.15, 0.2) is 15.9 Å². The average Bonchev–Trinajstić information content (AvgIpc) is 3.29. The van der Waals surface area contributed by atoms with Gasteiger partial charge in [-0.25, -0.2) is 9.78 Å². The van der Waals surface area contributed by atoms with Crippen LogP contribution < -0.4 is 5.32 Å². The fourth-order valence-corrected chi connectivity index (χ4v) is 4.26. The monoisotopic (exact) mass is 376 g/mol. The first-order valence-corrected chi connectivity index (χ1v) is 10.0. The highest BCUT2D eigenvalue weighted by Gasteiger charge is 2.20. The molecule has 0 atom stereocenters. The molecule has 1 aliphatic carbocycles.